The summed E-state index contributed by atoms with van der Waals surface area (Å²) in [7, 11) is 0. The zero-order valence-corrected chi connectivity index (χ0v) is 10.5. The fraction of sp³-hybridized carbons (Fsp3) is 0.769. The Hall–Kier alpha value is -0.990. The molecule has 0 aromatic rings. The van der Waals surface area contributed by atoms with Crippen LogP contribution >= 0.6 is 0 Å². The van der Waals surface area contributed by atoms with Gasteiger partial charge in [-0.15, -0.1) is 0 Å². The Morgan fingerprint density at radius 2 is 2.06 bits per heavy atom. The lowest BCUT2D eigenvalue weighted by Gasteiger charge is -2.28. The third-order valence-electron chi connectivity index (χ3n) is 3.09. The van der Waals surface area contributed by atoms with Crippen LogP contribution in [0.1, 0.15) is 40.0 Å². The Bertz CT molecular complexity index is 310. The maximum Gasteiger partial charge on any atom is 0.410 e. The summed E-state index contributed by atoms with van der Waals surface area (Å²) in [5.74, 6) is 0. The summed E-state index contributed by atoms with van der Waals surface area (Å²) in [4.78, 5) is 13.8. The van der Waals surface area contributed by atoms with Gasteiger partial charge < -0.3 is 9.64 Å². The quantitative estimate of drug-likeness (QED) is 0.591. The molecule has 0 N–H and O–H groups in total. The number of carbonyl (C=O) groups excluding carboxylic acids is 1. The second-order valence-electron chi connectivity index (χ2n) is 5.96. The van der Waals surface area contributed by atoms with Crippen molar-refractivity contribution < 1.29 is 9.53 Å². The van der Waals surface area contributed by atoms with Crippen LogP contribution < -0.4 is 0 Å². The molecule has 0 saturated heterocycles. The summed E-state index contributed by atoms with van der Waals surface area (Å²) in [6.07, 6.45) is 7.70. The van der Waals surface area contributed by atoms with E-state index in [9.17, 15) is 4.79 Å². The lowest BCUT2D eigenvalue weighted by atomic mass is 10.1. The molecular weight excluding hydrogens is 202 g/mol. The molecule has 1 heterocycles. The predicted octanol–water partition coefficient (Wildman–Crippen LogP) is 2.96. The largest absolute Gasteiger partial charge is 0.444 e. The number of hydrogen-bond acceptors (Lipinski definition) is 2. The van der Waals surface area contributed by atoms with E-state index in [-0.39, 0.29) is 11.5 Å². The molecule has 0 aromatic heterocycles. The van der Waals surface area contributed by atoms with Crippen LogP contribution in [0.25, 0.3) is 0 Å². The van der Waals surface area contributed by atoms with Crippen LogP contribution in [0, 0.1) is 5.41 Å². The molecule has 1 spiro atoms. The van der Waals surface area contributed by atoms with Crippen LogP contribution in [0.3, 0.4) is 0 Å². The van der Waals surface area contributed by atoms with E-state index in [1.807, 2.05) is 25.7 Å². The van der Waals surface area contributed by atoms with Crippen molar-refractivity contribution >= 4 is 6.09 Å². The molecule has 0 atom stereocenters. The molecule has 2 aliphatic rings. The van der Waals surface area contributed by atoms with Crippen molar-refractivity contribution in [3.05, 3.63) is 12.2 Å². The first-order valence-corrected chi connectivity index (χ1v) is 6.06. The van der Waals surface area contributed by atoms with Gasteiger partial charge in [-0.3, -0.25) is 0 Å². The van der Waals surface area contributed by atoms with Crippen LogP contribution in [0.4, 0.5) is 4.79 Å². The average Bonchev–Trinajstić information content (AvgIpc) is 2.91. The number of amides is 1. The number of hydrogen-bond donors (Lipinski definition) is 0. The van der Waals surface area contributed by atoms with Crippen molar-refractivity contribution in [1.29, 1.82) is 0 Å². The van der Waals surface area contributed by atoms with Crippen molar-refractivity contribution in [2.45, 2.75) is 45.6 Å². The lowest BCUT2D eigenvalue weighted by Crippen LogP contribution is -2.39. The van der Waals surface area contributed by atoms with Gasteiger partial charge in [0.25, 0.3) is 0 Å². The topological polar surface area (TPSA) is 29.5 Å². The second-order valence-corrected chi connectivity index (χ2v) is 5.96. The molecule has 16 heavy (non-hydrogen) atoms. The zero-order valence-electron chi connectivity index (χ0n) is 10.5. The summed E-state index contributed by atoms with van der Waals surface area (Å²) in [6, 6.07) is 0. The molecule has 3 heteroatoms. The molecule has 3 nitrogen and oxygen atoms in total. The van der Waals surface area contributed by atoms with Gasteiger partial charge in [0.2, 0.25) is 0 Å². The summed E-state index contributed by atoms with van der Waals surface area (Å²) in [5, 5.41) is 0. The van der Waals surface area contributed by atoms with Crippen molar-refractivity contribution in [2.24, 2.45) is 5.41 Å². The Kier molecular flexibility index (Phi) is 2.72. The van der Waals surface area contributed by atoms with E-state index in [0.717, 1.165) is 19.5 Å². The first kappa shape index (κ1) is 11.5. The molecular formula is C13H21NO2. The van der Waals surface area contributed by atoms with Crippen LogP contribution in [-0.2, 0) is 4.74 Å². The van der Waals surface area contributed by atoms with Gasteiger partial charge in [0.1, 0.15) is 5.60 Å². The molecule has 0 bridgehead atoms. The summed E-state index contributed by atoms with van der Waals surface area (Å²) < 4.78 is 5.41. The van der Waals surface area contributed by atoms with Gasteiger partial charge in [-0.25, -0.2) is 4.79 Å². The van der Waals surface area contributed by atoms with Crippen molar-refractivity contribution in [3.63, 3.8) is 0 Å². The van der Waals surface area contributed by atoms with Crippen molar-refractivity contribution in [1.82, 2.24) is 4.90 Å². The molecule has 2 rings (SSSR count). The Morgan fingerprint density at radius 1 is 1.38 bits per heavy atom. The highest BCUT2D eigenvalue weighted by Gasteiger charge is 2.43. The highest BCUT2D eigenvalue weighted by molar-refractivity contribution is 5.68. The normalized spacial score (nSPS) is 23.1. The molecule has 0 radical (unpaired) electrons. The van der Waals surface area contributed by atoms with Crippen LogP contribution in [-0.4, -0.2) is 29.7 Å². The third-order valence-corrected chi connectivity index (χ3v) is 3.09. The van der Waals surface area contributed by atoms with Gasteiger partial charge >= 0.3 is 6.09 Å². The van der Waals surface area contributed by atoms with E-state index in [1.165, 1.54) is 12.8 Å². The first-order chi connectivity index (χ1) is 7.40. The highest BCUT2D eigenvalue weighted by Crippen LogP contribution is 2.48. The minimum Gasteiger partial charge on any atom is -0.444 e. The van der Waals surface area contributed by atoms with E-state index in [0.29, 0.717) is 0 Å². The standard InChI is InChI=1S/C13H21NO2/c1-12(2,3)16-11(15)14-9-5-4-6-13(10-14)7-8-13/h4,6H,5,7-10H2,1-3H3. The molecule has 1 saturated carbocycles. The minimum absolute atomic E-state index is 0.164. The fourth-order valence-electron chi connectivity index (χ4n) is 2.04. The molecule has 1 fully saturated rings. The van der Waals surface area contributed by atoms with Gasteiger partial charge in [0.05, 0.1) is 0 Å². The summed E-state index contributed by atoms with van der Waals surface area (Å²) in [5.41, 5.74) is -0.110. The lowest BCUT2D eigenvalue weighted by molar-refractivity contribution is 0.0233. The predicted molar refractivity (Wildman–Crippen MR) is 63.2 cm³/mol. The maximum absolute atomic E-state index is 12.0. The molecule has 0 aromatic carbocycles. The van der Waals surface area contributed by atoms with E-state index in [2.05, 4.69) is 12.2 Å². The van der Waals surface area contributed by atoms with E-state index in [1.54, 1.807) is 0 Å². The Balaban J connectivity index is 1.97. The van der Waals surface area contributed by atoms with E-state index < -0.39 is 5.60 Å². The average molecular weight is 223 g/mol. The third kappa shape index (κ3) is 2.77. The number of nitrogens with zero attached hydrogens (tertiary/aromatic N) is 1. The summed E-state index contributed by atoms with van der Waals surface area (Å²) in [6.45, 7) is 7.35. The van der Waals surface area contributed by atoms with Gasteiger partial charge in [-0.1, -0.05) is 12.2 Å². The highest BCUT2D eigenvalue weighted by atomic mass is 16.6. The molecule has 1 aliphatic heterocycles. The van der Waals surface area contributed by atoms with Crippen LogP contribution in [0.5, 0.6) is 0 Å². The monoisotopic (exact) mass is 223 g/mol. The maximum atomic E-state index is 12.0. The van der Waals surface area contributed by atoms with Gasteiger partial charge in [-0.2, -0.15) is 0 Å². The Morgan fingerprint density at radius 3 is 2.62 bits per heavy atom. The SMILES string of the molecule is CC(C)(C)OC(=O)N1CCC=CC2(CC2)C1. The van der Waals surface area contributed by atoms with Gasteiger partial charge in [-0.05, 0) is 40.0 Å². The van der Waals surface area contributed by atoms with Gasteiger partial charge in [0, 0.05) is 18.5 Å². The molecule has 1 amide bonds. The number of carbonyl (C=O) groups is 1. The number of ether oxygens (including phenoxy) is 1. The molecule has 0 unspecified atom stereocenters. The minimum atomic E-state index is -0.395. The smallest absolute Gasteiger partial charge is 0.410 e. The van der Waals surface area contributed by atoms with E-state index >= 15 is 0 Å². The second kappa shape index (κ2) is 3.79. The van der Waals surface area contributed by atoms with Crippen molar-refractivity contribution in [3.8, 4) is 0 Å². The molecule has 1 aliphatic carbocycles. The summed E-state index contributed by atoms with van der Waals surface area (Å²) >= 11 is 0. The van der Waals surface area contributed by atoms with Crippen molar-refractivity contribution in [2.75, 3.05) is 13.1 Å². The van der Waals surface area contributed by atoms with Crippen LogP contribution in [0.2, 0.25) is 0 Å². The fourth-order valence-corrected chi connectivity index (χ4v) is 2.04. The Labute approximate surface area is 97.5 Å². The van der Waals surface area contributed by atoms with E-state index in [4.69, 9.17) is 4.74 Å². The van der Waals surface area contributed by atoms with Crippen LogP contribution in [0.15, 0.2) is 12.2 Å². The zero-order chi connectivity index (χ0) is 11.8. The molecule has 90 valence electrons. The van der Waals surface area contributed by atoms with Gasteiger partial charge in [0.15, 0.2) is 0 Å². The first-order valence-electron chi connectivity index (χ1n) is 6.06. The number of rotatable bonds is 0.